The standard InChI is InChI=1S/C24H19F6N4O5P/c25-23(26,27)17-4-1-15(2-5-17)19-7-6-18(14-31-19)38-21-13-16(3-8-20(21)34(35)36)22(24(28,29)30)39-40(37,32-9-10-32)33-11-12-33/h1-8,13-14,22H,9-12H2. The van der Waals surface area contributed by atoms with Crippen LogP contribution in [0.25, 0.3) is 11.3 Å². The molecule has 0 amide bonds. The summed E-state index contributed by atoms with van der Waals surface area (Å²) in [6, 6.07) is 9.38. The van der Waals surface area contributed by atoms with Crippen molar-refractivity contribution in [3.8, 4) is 22.8 Å². The molecule has 1 aromatic heterocycles. The molecule has 0 radical (unpaired) electrons. The maximum atomic E-state index is 14.1. The van der Waals surface area contributed by atoms with Gasteiger partial charge in [0.1, 0.15) is 5.75 Å². The summed E-state index contributed by atoms with van der Waals surface area (Å²) >= 11 is 0. The van der Waals surface area contributed by atoms with Crippen molar-refractivity contribution < 1.29 is 45.1 Å². The molecule has 0 saturated carbocycles. The van der Waals surface area contributed by atoms with E-state index in [-0.39, 0.29) is 11.4 Å². The van der Waals surface area contributed by atoms with Crippen molar-refractivity contribution in [3.63, 3.8) is 0 Å². The SMILES string of the molecule is O=[N+]([O-])c1ccc(C(OP(=O)(N2CC2)N2CC2)C(F)(F)F)cc1Oc1ccc(-c2ccc(C(F)(F)F)cc2)nc1. The van der Waals surface area contributed by atoms with E-state index in [4.69, 9.17) is 9.26 Å². The lowest BCUT2D eigenvalue weighted by Crippen LogP contribution is -2.25. The second kappa shape index (κ2) is 10.1. The number of nitro groups is 1. The van der Waals surface area contributed by atoms with Gasteiger partial charge in [0.25, 0.3) is 0 Å². The van der Waals surface area contributed by atoms with E-state index in [0.717, 1.165) is 36.5 Å². The fourth-order valence-electron chi connectivity index (χ4n) is 3.85. The quantitative estimate of drug-likeness (QED) is 0.0883. The van der Waals surface area contributed by atoms with Crippen molar-refractivity contribution in [3.05, 3.63) is 82.0 Å². The third-order valence-electron chi connectivity index (χ3n) is 6.06. The number of rotatable bonds is 9. The van der Waals surface area contributed by atoms with Gasteiger partial charge in [-0.3, -0.25) is 24.2 Å². The number of hydrogen-bond donors (Lipinski definition) is 0. The van der Waals surface area contributed by atoms with Crippen molar-refractivity contribution in [1.29, 1.82) is 0 Å². The van der Waals surface area contributed by atoms with Crippen LogP contribution < -0.4 is 4.74 Å². The number of hydrogen-bond acceptors (Lipinski definition) is 6. The van der Waals surface area contributed by atoms with Gasteiger partial charge in [-0.05, 0) is 42.0 Å². The predicted octanol–water partition coefficient (Wildman–Crippen LogP) is 6.83. The van der Waals surface area contributed by atoms with Crippen molar-refractivity contribution in [2.75, 3.05) is 26.2 Å². The van der Waals surface area contributed by atoms with Crippen LogP contribution in [0.1, 0.15) is 17.2 Å². The van der Waals surface area contributed by atoms with Gasteiger partial charge >= 0.3 is 25.7 Å². The molecule has 9 nitrogen and oxygen atoms in total. The summed E-state index contributed by atoms with van der Waals surface area (Å²) < 4.78 is 107. The minimum absolute atomic E-state index is 0.0840. The van der Waals surface area contributed by atoms with Gasteiger partial charge in [-0.15, -0.1) is 0 Å². The van der Waals surface area contributed by atoms with Crippen LogP contribution in [0.2, 0.25) is 0 Å². The Labute approximate surface area is 222 Å². The Balaban J connectivity index is 1.41. The third-order valence-corrected chi connectivity index (χ3v) is 8.77. The molecule has 0 spiro atoms. The number of ether oxygens (including phenoxy) is 1. The van der Waals surface area contributed by atoms with E-state index in [1.54, 1.807) is 0 Å². The molecule has 2 aliphatic heterocycles. The highest BCUT2D eigenvalue weighted by Gasteiger charge is 2.55. The number of aromatic nitrogens is 1. The first kappa shape index (κ1) is 28.0. The van der Waals surface area contributed by atoms with Crippen LogP contribution in [0.5, 0.6) is 11.5 Å². The van der Waals surface area contributed by atoms with Gasteiger partial charge in [0, 0.05) is 37.8 Å². The molecule has 2 fully saturated rings. The summed E-state index contributed by atoms with van der Waals surface area (Å²) in [6.07, 6.45) is -11.0. The highest BCUT2D eigenvalue weighted by Crippen LogP contribution is 2.64. The molecule has 0 N–H and O–H groups in total. The van der Waals surface area contributed by atoms with Crippen molar-refractivity contribution in [2.24, 2.45) is 0 Å². The first-order valence-electron chi connectivity index (χ1n) is 11.7. The Kier molecular flexibility index (Phi) is 7.11. The van der Waals surface area contributed by atoms with Crippen LogP contribution in [0, 0.1) is 10.1 Å². The molecule has 40 heavy (non-hydrogen) atoms. The molecular weight excluding hydrogens is 569 g/mol. The number of alkyl halides is 6. The molecule has 3 aromatic rings. The molecule has 212 valence electrons. The molecule has 2 aliphatic rings. The van der Waals surface area contributed by atoms with Crippen LogP contribution >= 0.6 is 7.67 Å². The van der Waals surface area contributed by atoms with Crippen LogP contribution in [-0.4, -0.2) is 51.6 Å². The van der Waals surface area contributed by atoms with E-state index >= 15 is 0 Å². The second-order valence-corrected chi connectivity index (χ2v) is 11.3. The van der Waals surface area contributed by atoms with Gasteiger partial charge in [-0.2, -0.15) is 26.3 Å². The molecule has 2 saturated heterocycles. The Morgan fingerprint density at radius 1 is 0.925 bits per heavy atom. The van der Waals surface area contributed by atoms with E-state index in [0.29, 0.717) is 31.7 Å². The number of nitro benzene ring substituents is 1. The highest BCUT2D eigenvalue weighted by atomic mass is 31.2. The highest BCUT2D eigenvalue weighted by molar-refractivity contribution is 7.54. The van der Waals surface area contributed by atoms with Crippen LogP contribution in [-0.2, 0) is 15.3 Å². The van der Waals surface area contributed by atoms with Gasteiger partial charge in [0.15, 0.2) is 6.10 Å². The van der Waals surface area contributed by atoms with E-state index < -0.39 is 53.6 Å². The van der Waals surface area contributed by atoms with Crippen molar-refractivity contribution >= 4 is 13.4 Å². The normalized spacial score (nSPS) is 16.9. The zero-order valence-corrected chi connectivity index (χ0v) is 21.1. The Bertz CT molecular complexity index is 1440. The summed E-state index contributed by atoms with van der Waals surface area (Å²) in [5.41, 5.74) is -1.43. The molecule has 0 bridgehead atoms. The van der Waals surface area contributed by atoms with Gasteiger partial charge in [0.2, 0.25) is 5.75 Å². The monoisotopic (exact) mass is 588 g/mol. The number of benzene rings is 2. The first-order chi connectivity index (χ1) is 18.8. The van der Waals surface area contributed by atoms with E-state index in [9.17, 15) is 41.0 Å². The van der Waals surface area contributed by atoms with E-state index in [2.05, 4.69) is 4.98 Å². The van der Waals surface area contributed by atoms with E-state index in [1.165, 1.54) is 33.6 Å². The van der Waals surface area contributed by atoms with Crippen LogP contribution in [0.4, 0.5) is 32.0 Å². The summed E-state index contributed by atoms with van der Waals surface area (Å²) in [7, 11) is -3.92. The predicted molar refractivity (Wildman–Crippen MR) is 128 cm³/mol. The van der Waals surface area contributed by atoms with Gasteiger partial charge in [-0.25, -0.2) is 9.34 Å². The molecule has 0 aliphatic carbocycles. The molecule has 1 atom stereocenters. The molecule has 1 unspecified atom stereocenters. The van der Waals surface area contributed by atoms with Crippen LogP contribution in [0.3, 0.4) is 0 Å². The van der Waals surface area contributed by atoms with Gasteiger partial charge in [-0.1, -0.05) is 12.1 Å². The van der Waals surface area contributed by atoms with Crippen molar-refractivity contribution in [1.82, 2.24) is 14.3 Å². The average molecular weight is 588 g/mol. The number of nitrogens with zero attached hydrogens (tertiary/aromatic N) is 4. The minimum atomic E-state index is -5.00. The maximum absolute atomic E-state index is 14.1. The molecule has 2 aromatic carbocycles. The molecule has 5 rings (SSSR count). The zero-order chi connectivity index (χ0) is 28.9. The molecule has 16 heteroatoms. The summed E-state index contributed by atoms with van der Waals surface area (Å²) in [4.78, 5) is 14.8. The van der Waals surface area contributed by atoms with Gasteiger partial charge < -0.3 is 4.74 Å². The summed E-state index contributed by atoms with van der Waals surface area (Å²) in [5.74, 6) is -0.628. The first-order valence-corrected chi connectivity index (χ1v) is 13.2. The number of pyridine rings is 1. The topological polar surface area (TPSA) is 97.6 Å². The summed E-state index contributed by atoms with van der Waals surface area (Å²) in [6.45, 7) is 1.29. The second-order valence-electron chi connectivity index (χ2n) is 8.97. The summed E-state index contributed by atoms with van der Waals surface area (Å²) in [5, 5.41) is 11.6. The smallest absolute Gasteiger partial charge is 0.419 e. The lowest BCUT2D eigenvalue weighted by molar-refractivity contribution is -0.385. The minimum Gasteiger partial charge on any atom is -0.448 e. The largest absolute Gasteiger partial charge is 0.448 e. The molecular formula is C24H19F6N4O5P. The fraction of sp³-hybridized carbons (Fsp3) is 0.292. The maximum Gasteiger partial charge on any atom is 0.419 e. The van der Waals surface area contributed by atoms with E-state index in [1.807, 2.05) is 0 Å². The Morgan fingerprint density at radius 2 is 1.55 bits per heavy atom. The Morgan fingerprint density at radius 3 is 2.02 bits per heavy atom. The van der Waals surface area contributed by atoms with Gasteiger partial charge in [0.05, 0.1) is 22.4 Å². The van der Waals surface area contributed by atoms with Crippen LogP contribution in [0.15, 0.2) is 60.8 Å². The number of halogens is 6. The Hall–Kier alpha value is -3.52. The molecule has 3 heterocycles. The zero-order valence-electron chi connectivity index (χ0n) is 20.2. The lowest BCUT2D eigenvalue weighted by atomic mass is 10.1. The third kappa shape index (κ3) is 5.97. The lowest BCUT2D eigenvalue weighted by Gasteiger charge is -2.28. The average Bonchev–Trinajstić information content (AvgIpc) is 3.79. The fourth-order valence-corrected chi connectivity index (χ4v) is 6.18. The van der Waals surface area contributed by atoms with Crippen molar-refractivity contribution in [2.45, 2.75) is 18.5 Å².